The highest BCUT2D eigenvalue weighted by molar-refractivity contribution is 5.98. The van der Waals surface area contributed by atoms with Gasteiger partial charge in [-0.3, -0.25) is 9.59 Å². The molecule has 0 saturated heterocycles. The Labute approximate surface area is 157 Å². The number of hydrogen-bond donors (Lipinski definition) is 2. The van der Waals surface area contributed by atoms with Gasteiger partial charge in [-0.25, -0.2) is 0 Å². The van der Waals surface area contributed by atoms with Gasteiger partial charge < -0.3 is 15.1 Å². The number of amides is 2. The summed E-state index contributed by atoms with van der Waals surface area (Å²) < 4.78 is 5.52. The summed E-state index contributed by atoms with van der Waals surface area (Å²) in [7, 11) is 0. The van der Waals surface area contributed by atoms with Gasteiger partial charge in [0.1, 0.15) is 11.8 Å². The van der Waals surface area contributed by atoms with Crippen LogP contribution >= 0.6 is 0 Å². The third-order valence-corrected chi connectivity index (χ3v) is 4.58. The average Bonchev–Trinajstić information content (AvgIpc) is 3.42. The zero-order valence-corrected chi connectivity index (χ0v) is 14.7. The van der Waals surface area contributed by atoms with E-state index in [4.69, 9.17) is 4.42 Å². The molecular weight excluding hydrogens is 340 g/mol. The minimum absolute atomic E-state index is 0.0188. The Morgan fingerprint density at radius 1 is 0.963 bits per heavy atom. The summed E-state index contributed by atoms with van der Waals surface area (Å²) in [5.74, 6) is 0.560. The second kappa shape index (κ2) is 7.50. The van der Waals surface area contributed by atoms with Gasteiger partial charge in [0.05, 0.1) is 6.26 Å². The maximum atomic E-state index is 12.8. The van der Waals surface area contributed by atoms with Gasteiger partial charge in [0.15, 0.2) is 0 Å². The van der Waals surface area contributed by atoms with Gasteiger partial charge in [-0.15, -0.1) is 0 Å². The summed E-state index contributed by atoms with van der Waals surface area (Å²) in [4.78, 5) is 24.8. The third kappa shape index (κ3) is 4.08. The van der Waals surface area contributed by atoms with Crippen molar-refractivity contribution in [2.45, 2.75) is 18.9 Å². The Morgan fingerprint density at radius 2 is 1.78 bits per heavy atom. The maximum Gasteiger partial charge on any atom is 0.252 e. The molecule has 0 radical (unpaired) electrons. The van der Waals surface area contributed by atoms with E-state index in [1.165, 1.54) is 0 Å². The first-order valence-corrected chi connectivity index (χ1v) is 9.01. The van der Waals surface area contributed by atoms with Gasteiger partial charge in [0, 0.05) is 17.2 Å². The summed E-state index contributed by atoms with van der Waals surface area (Å²) in [6.45, 7) is 0. The molecule has 1 atom stereocenters. The van der Waals surface area contributed by atoms with E-state index in [1.54, 1.807) is 36.6 Å². The second-order valence-electron chi connectivity index (χ2n) is 6.68. The molecule has 2 N–H and O–H groups in total. The molecule has 1 unspecified atom stereocenters. The van der Waals surface area contributed by atoms with Crippen LogP contribution < -0.4 is 10.6 Å². The van der Waals surface area contributed by atoms with Crippen molar-refractivity contribution in [3.05, 3.63) is 89.9 Å². The molecule has 1 saturated carbocycles. The highest BCUT2D eigenvalue weighted by atomic mass is 16.3. The van der Waals surface area contributed by atoms with Crippen LogP contribution in [0, 0.1) is 5.92 Å². The van der Waals surface area contributed by atoms with E-state index >= 15 is 0 Å². The highest BCUT2D eigenvalue weighted by Crippen LogP contribution is 2.30. The van der Waals surface area contributed by atoms with Crippen LogP contribution in [0.3, 0.4) is 0 Å². The fraction of sp³-hybridized carbons (Fsp3) is 0.182. The summed E-state index contributed by atoms with van der Waals surface area (Å²) in [6.07, 6.45) is 3.47. The van der Waals surface area contributed by atoms with Crippen molar-refractivity contribution in [1.29, 1.82) is 0 Å². The van der Waals surface area contributed by atoms with E-state index in [9.17, 15) is 9.59 Å². The normalized spacial score (nSPS) is 14.4. The maximum absolute atomic E-state index is 12.8. The Kier molecular flexibility index (Phi) is 4.75. The third-order valence-electron chi connectivity index (χ3n) is 4.58. The van der Waals surface area contributed by atoms with E-state index in [1.807, 2.05) is 36.4 Å². The van der Waals surface area contributed by atoms with Crippen molar-refractivity contribution in [3.8, 4) is 0 Å². The Balaban J connectivity index is 1.53. The number of benzene rings is 2. The molecule has 0 bridgehead atoms. The van der Waals surface area contributed by atoms with Crippen molar-refractivity contribution in [1.82, 2.24) is 5.32 Å². The Hall–Kier alpha value is -3.34. The zero-order chi connectivity index (χ0) is 18.6. The van der Waals surface area contributed by atoms with Crippen LogP contribution in [0.2, 0.25) is 0 Å². The van der Waals surface area contributed by atoms with E-state index in [-0.39, 0.29) is 17.7 Å². The number of nitrogens with one attached hydrogen (secondary N) is 2. The summed E-state index contributed by atoms with van der Waals surface area (Å²) >= 11 is 0. The molecule has 1 aromatic heterocycles. The van der Waals surface area contributed by atoms with Crippen molar-refractivity contribution >= 4 is 17.5 Å². The van der Waals surface area contributed by atoms with Crippen LogP contribution in [0.4, 0.5) is 5.69 Å². The number of rotatable bonds is 6. The van der Waals surface area contributed by atoms with E-state index in [2.05, 4.69) is 10.6 Å². The lowest BCUT2D eigenvalue weighted by Crippen LogP contribution is -2.29. The fourth-order valence-corrected chi connectivity index (χ4v) is 2.96. The predicted molar refractivity (Wildman–Crippen MR) is 102 cm³/mol. The van der Waals surface area contributed by atoms with E-state index in [0.29, 0.717) is 17.0 Å². The van der Waals surface area contributed by atoms with E-state index in [0.717, 1.165) is 18.4 Å². The van der Waals surface area contributed by atoms with Crippen molar-refractivity contribution in [2.24, 2.45) is 5.92 Å². The first-order valence-electron chi connectivity index (χ1n) is 9.01. The highest BCUT2D eigenvalue weighted by Gasteiger charge is 2.29. The largest absolute Gasteiger partial charge is 0.467 e. The number of furan rings is 1. The first-order chi connectivity index (χ1) is 13.2. The quantitative estimate of drug-likeness (QED) is 0.694. The van der Waals surface area contributed by atoms with Gasteiger partial charge in [0.25, 0.3) is 5.91 Å². The number of anilines is 1. The summed E-state index contributed by atoms with van der Waals surface area (Å²) in [5, 5.41) is 5.90. The zero-order valence-electron chi connectivity index (χ0n) is 14.7. The number of carbonyl (C=O) groups is 2. The molecule has 0 aliphatic heterocycles. The molecule has 2 amide bonds. The molecule has 27 heavy (non-hydrogen) atoms. The van der Waals surface area contributed by atoms with Crippen LogP contribution in [-0.4, -0.2) is 11.8 Å². The number of carbonyl (C=O) groups excluding carboxylic acids is 2. The molecule has 5 heteroatoms. The first kappa shape index (κ1) is 17.1. The van der Waals surface area contributed by atoms with Crippen molar-refractivity contribution in [3.63, 3.8) is 0 Å². The lowest BCUT2D eigenvalue weighted by molar-refractivity contribution is -0.117. The van der Waals surface area contributed by atoms with Crippen molar-refractivity contribution < 1.29 is 14.0 Å². The van der Waals surface area contributed by atoms with Crippen LogP contribution in [0.5, 0.6) is 0 Å². The lowest BCUT2D eigenvalue weighted by atomic mass is 10.0. The Morgan fingerprint density at radius 3 is 2.48 bits per heavy atom. The molecule has 1 fully saturated rings. The minimum atomic E-state index is -0.390. The molecule has 1 heterocycles. The summed E-state index contributed by atoms with van der Waals surface area (Å²) in [5.41, 5.74) is 2.05. The monoisotopic (exact) mass is 360 g/mol. The molecule has 3 aromatic rings. The molecule has 136 valence electrons. The molecule has 2 aromatic carbocycles. The van der Waals surface area contributed by atoms with Gasteiger partial charge in [-0.2, -0.15) is 0 Å². The topological polar surface area (TPSA) is 71.3 Å². The molecule has 1 aliphatic carbocycles. The Bertz CT molecular complexity index is 931. The van der Waals surface area contributed by atoms with Gasteiger partial charge in [-0.1, -0.05) is 36.4 Å². The summed E-state index contributed by atoms with van der Waals surface area (Å²) in [6, 6.07) is 19.9. The van der Waals surface area contributed by atoms with Crippen molar-refractivity contribution in [2.75, 3.05) is 5.32 Å². The molecule has 0 spiro atoms. The van der Waals surface area contributed by atoms with E-state index < -0.39 is 6.04 Å². The fourth-order valence-electron chi connectivity index (χ4n) is 2.96. The minimum Gasteiger partial charge on any atom is -0.467 e. The average molecular weight is 360 g/mol. The lowest BCUT2D eigenvalue weighted by Gasteiger charge is -2.17. The predicted octanol–water partition coefficient (Wildman–Crippen LogP) is 4.15. The van der Waals surface area contributed by atoms with Gasteiger partial charge in [-0.05, 0) is 48.7 Å². The van der Waals surface area contributed by atoms with Crippen LogP contribution in [0.15, 0.2) is 77.4 Å². The molecule has 1 aliphatic rings. The molecular formula is C22H20N2O3. The van der Waals surface area contributed by atoms with Gasteiger partial charge in [0.2, 0.25) is 5.91 Å². The molecule has 5 nitrogen and oxygen atoms in total. The standard InChI is InChI=1S/C22H20N2O3/c25-21(16-11-12-16)23-18-9-4-8-17(14-18)22(26)24-20(19-10-5-13-27-19)15-6-2-1-3-7-15/h1-10,13-14,16,20H,11-12H2,(H,23,25)(H,24,26). The van der Waals surface area contributed by atoms with Crippen LogP contribution in [-0.2, 0) is 4.79 Å². The van der Waals surface area contributed by atoms with Crippen LogP contribution in [0.25, 0.3) is 0 Å². The SMILES string of the molecule is O=C(NC(c1ccccc1)c1ccco1)c1cccc(NC(=O)C2CC2)c1. The second-order valence-corrected chi connectivity index (χ2v) is 6.68. The molecule has 4 rings (SSSR count). The number of hydrogen-bond acceptors (Lipinski definition) is 3. The van der Waals surface area contributed by atoms with Gasteiger partial charge >= 0.3 is 0 Å². The van der Waals surface area contributed by atoms with Crippen LogP contribution in [0.1, 0.15) is 40.6 Å². The smallest absolute Gasteiger partial charge is 0.252 e.